The molecular formula is C28H34N2O8. The first-order valence-electron chi connectivity index (χ1n) is 12.5. The molecule has 204 valence electrons. The molecule has 0 radical (unpaired) electrons. The van der Waals surface area contributed by atoms with Gasteiger partial charge in [0, 0.05) is 19.0 Å². The number of hydrogen-bond donors (Lipinski definition) is 0. The Balaban J connectivity index is 1.48. The third-order valence-corrected chi connectivity index (χ3v) is 6.48. The van der Waals surface area contributed by atoms with Crippen LogP contribution in [0.4, 0.5) is 4.79 Å². The Hall–Kier alpha value is -3.79. The van der Waals surface area contributed by atoms with Gasteiger partial charge in [-0.1, -0.05) is 36.4 Å². The van der Waals surface area contributed by atoms with E-state index < -0.39 is 17.8 Å². The van der Waals surface area contributed by atoms with E-state index in [1.54, 1.807) is 46.0 Å². The lowest BCUT2D eigenvalue weighted by Gasteiger charge is -2.46. The van der Waals surface area contributed by atoms with Gasteiger partial charge >= 0.3 is 12.1 Å². The topological polar surface area (TPSA) is 104 Å². The molecule has 0 bridgehead atoms. The van der Waals surface area contributed by atoms with Crippen LogP contribution >= 0.6 is 0 Å². The number of hydrogen-bond acceptors (Lipinski definition) is 9. The lowest BCUT2D eigenvalue weighted by Crippen LogP contribution is -2.67. The molecule has 0 aliphatic carbocycles. The van der Waals surface area contributed by atoms with Crippen LogP contribution in [0.5, 0.6) is 11.5 Å². The van der Waals surface area contributed by atoms with E-state index in [1.165, 1.54) is 5.06 Å². The molecule has 0 unspecified atom stereocenters. The first-order valence-corrected chi connectivity index (χ1v) is 12.5. The molecule has 0 aromatic heterocycles. The summed E-state index contributed by atoms with van der Waals surface area (Å²) in [5.74, 6) is 0.247. The second-order valence-electron chi connectivity index (χ2n) is 10.4. The van der Waals surface area contributed by atoms with Crippen molar-refractivity contribution in [3.8, 4) is 11.5 Å². The average Bonchev–Trinajstić information content (AvgIpc) is 3.18. The Morgan fingerprint density at radius 2 is 1.68 bits per heavy atom. The van der Waals surface area contributed by atoms with Crippen LogP contribution in [-0.2, 0) is 37.1 Å². The standard InChI is InChI=1S/C28H34N2O8/c1-28(2,3)37-27(33)38-30-16-20(14-23(31)36-17-18-9-7-6-8-10-18)24-25(30)26(32)29(24)15-19-11-12-21(34-4)22(13-19)35-5/h6-13,20,24-25H,14-17H2,1-5H3/t20-,24-,25+/m1/s1. The number of ether oxygens (including phenoxy) is 4. The number of hydroxylamine groups is 2. The summed E-state index contributed by atoms with van der Waals surface area (Å²) < 4.78 is 21.5. The maximum absolute atomic E-state index is 13.2. The van der Waals surface area contributed by atoms with Crippen molar-refractivity contribution in [3.05, 3.63) is 59.7 Å². The van der Waals surface area contributed by atoms with Crippen molar-refractivity contribution in [1.82, 2.24) is 9.96 Å². The number of β-lactam (4-membered cyclic amide) rings is 1. The SMILES string of the molecule is COc1ccc(CN2C(=O)[C@@H]3[C@H]2[C@H](CC(=O)OCc2ccccc2)CN3OC(=O)OC(C)(C)C)cc1OC. The summed E-state index contributed by atoms with van der Waals surface area (Å²) in [5, 5.41) is 1.33. The van der Waals surface area contributed by atoms with E-state index in [0.717, 1.165) is 11.1 Å². The maximum atomic E-state index is 13.2. The molecule has 0 saturated carbocycles. The van der Waals surface area contributed by atoms with Crippen molar-refractivity contribution in [1.29, 1.82) is 0 Å². The second-order valence-corrected chi connectivity index (χ2v) is 10.4. The number of carbonyl (C=O) groups is 3. The summed E-state index contributed by atoms with van der Waals surface area (Å²) in [4.78, 5) is 45.5. The molecule has 2 fully saturated rings. The molecule has 4 rings (SSSR count). The van der Waals surface area contributed by atoms with Gasteiger partial charge < -0.3 is 28.7 Å². The largest absolute Gasteiger partial charge is 0.528 e. The normalized spacial score (nSPS) is 20.8. The average molecular weight is 527 g/mol. The van der Waals surface area contributed by atoms with Crippen LogP contribution < -0.4 is 9.47 Å². The summed E-state index contributed by atoms with van der Waals surface area (Å²) in [6.45, 7) is 5.84. The minimum absolute atomic E-state index is 0.0674. The number of carbonyl (C=O) groups excluding carboxylic acids is 3. The minimum atomic E-state index is -0.894. The van der Waals surface area contributed by atoms with Gasteiger partial charge in [-0.15, -0.1) is 5.06 Å². The van der Waals surface area contributed by atoms with E-state index in [9.17, 15) is 14.4 Å². The summed E-state index contributed by atoms with van der Waals surface area (Å²) in [5.41, 5.74) is 0.972. The Bertz CT molecular complexity index is 1160. The van der Waals surface area contributed by atoms with Gasteiger partial charge in [0.2, 0.25) is 5.91 Å². The van der Waals surface area contributed by atoms with Crippen LogP contribution in [0.2, 0.25) is 0 Å². The number of rotatable bonds is 9. The predicted octanol–water partition coefficient (Wildman–Crippen LogP) is 3.72. The fourth-order valence-corrected chi connectivity index (χ4v) is 4.82. The zero-order valence-electron chi connectivity index (χ0n) is 22.3. The van der Waals surface area contributed by atoms with Crippen LogP contribution in [-0.4, -0.2) is 66.4 Å². The Kier molecular flexibility index (Phi) is 8.11. The number of likely N-dealkylation sites (tertiary alicyclic amines) is 1. The molecule has 3 atom stereocenters. The van der Waals surface area contributed by atoms with Crippen molar-refractivity contribution < 1.29 is 38.2 Å². The Morgan fingerprint density at radius 1 is 0.974 bits per heavy atom. The van der Waals surface area contributed by atoms with Crippen LogP contribution in [0.1, 0.15) is 38.3 Å². The van der Waals surface area contributed by atoms with Gasteiger partial charge in [0.15, 0.2) is 11.5 Å². The lowest BCUT2D eigenvalue weighted by molar-refractivity contribution is -0.191. The zero-order chi connectivity index (χ0) is 27.4. The van der Waals surface area contributed by atoms with Crippen LogP contribution in [0.15, 0.2) is 48.5 Å². The van der Waals surface area contributed by atoms with Gasteiger partial charge in [-0.2, -0.15) is 0 Å². The molecule has 10 nitrogen and oxygen atoms in total. The van der Waals surface area contributed by atoms with Gasteiger partial charge in [0.25, 0.3) is 0 Å². The minimum Gasteiger partial charge on any atom is -0.493 e. The Labute approximate surface area is 222 Å². The molecule has 0 spiro atoms. The van der Waals surface area contributed by atoms with E-state index in [1.807, 2.05) is 42.5 Å². The van der Waals surface area contributed by atoms with Crippen LogP contribution in [0.3, 0.4) is 0 Å². The summed E-state index contributed by atoms with van der Waals surface area (Å²) in [6.07, 6.45) is -0.826. The highest BCUT2D eigenvalue weighted by Gasteiger charge is 2.60. The van der Waals surface area contributed by atoms with E-state index in [2.05, 4.69) is 0 Å². The van der Waals surface area contributed by atoms with Gasteiger partial charge in [-0.05, 0) is 44.0 Å². The van der Waals surface area contributed by atoms with Crippen molar-refractivity contribution in [3.63, 3.8) is 0 Å². The fourth-order valence-electron chi connectivity index (χ4n) is 4.82. The van der Waals surface area contributed by atoms with Crippen LogP contribution in [0.25, 0.3) is 0 Å². The van der Waals surface area contributed by atoms with E-state index in [0.29, 0.717) is 18.0 Å². The number of benzene rings is 2. The van der Waals surface area contributed by atoms with Gasteiger partial charge in [0.1, 0.15) is 18.2 Å². The number of amides is 1. The monoisotopic (exact) mass is 526 g/mol. The molecule has 2 aromatic carbocycles. The lowest BCUT2D eigenvalue weighted by atomic mass is 9.86. The highest BCUT2D eigenvalue weighted by molar-refractivity contribution is 5.90. The summed E-state index contributed by atoms with van der Waals surface area (Å²) in [7, 11) is 3.10. The second kappa shape index (κ2) is 11.3. The quantitative estimate of drug-likeness (QED) is 0.357. The first kappa shape index (κ1) is 27.3. The fraction of sp³-hybridized carbons (Fsp3) is 0.464. The molecular weight excluding hydrogens is 492 g/mol. The molecule has 38 heavy (non-hydrogen) atoms. The number of nitrogens with zero attached hydrogens (tertiary/aromatic N) is 2. The number of methoxy groups -OCH3 is 2. The van der Waals surface area contributed by atoms with E-state index in [-0.39, 0.29) is 43.4 Å². The van der Waals surface area contributed by atoms with Gasteiger partial charge in [-0.3, -0.25) is 9.59 Å². The number of esters is 1. The molecule has 10 heteroatoms. The third-order valence-electron chi connectivity index (χ3n) is 6.48. The maximum Gasteiger partial charge on any atom is 0.528 e. The number of fused-ring (bicyclic) bond motifs is 1. The molecule has 2 aliphatic heterocycles. The highest BCUT2D eigenvalue weighted by Crippen LogP contribution is 2.41. The Morgan fingerprint density at radius 3 is 2.34 bits per heavy atom. The molecule has 0 N–H and O–H groups in total. The van der Waals surface area contributed by atoms with E-state index >= 15 is 0 Å². The van der Waals surface area contributed by atoms with Gasteiger partial charge in [-0.25, -0.2) is 4.79 Å². The smallest absolute Gasteiger partial charge is 0.493 e. The van der Waals surface area contributed by atoms with Crippen molar-refractivity contribution >= 4 is 18.0 Å². The highest BCUT2D eigenvalue weighted by atomic mass is 16.8. The molecule has 2 aliphatic rings. The molecule has 2 heterocycles. The molecule has 2 aromatic rings. The first-order chi connectivity index (χ1) is 18.1. The van der Waals surface area contributed by atoms with Gasteiger partial charge in [0.05, 0.1) is 26.7 Å². The predicted molar refractivity (Wildman–Crippen MR) is 136 cm³/mol. The van der Waals surface area contributed by atoms with E-state index in [4.69, 9.17) is 23.8 Å². The molecule has 1 amide bonds. The van der Waals surface area contributed by atoms with Crippen molar-refractivity contribution in [2.24, 2.45) is 5.92 Å². The zero-order valence-corrected chi connectivity index (χ0v) is 22.3. The third kappa shape index (κ3) is 6.19. The summed E-state index contributed by atoms with van der Waals surface area (Å²) >= 11 is 0. The van der Waals surface area contributed by atoms with Crippen molar-refractivity contribution in [2.45, 2.75) is 58.0 Å². The molecule has 2 saturated heterocycles. The van der Waals surface area contributed by atoms with Crippen LogP contribution in [0, 0.1) is 5.92 Å². The van der Waals surface area contributed by atoms with Crippen molar-refractivity contribution in [2.75, 3.05) is 20.8 Å². The summed E-state index contributed by atoms with van der Waals surface area (Å²) in [6, 6.07) is 13.8.